The van der Waals surface area contributed by atoms with Crippen molar-refractivity contribution in [3.05, 3.63) is 55.5 Å². The van der Waals surface area contributed by atoms with Crippen molar-refractivity contribution in [2.24, 2.45) is 10.2 Å². The zero-order chi connectivity index (χ0) is 17.7. The molecule has 0 aliphatic carbocycles. The van der Waals surface area contributed by atoms with Gasteiger partial charge in [0.15, 0.2) is 0 Å². The minimum absolute atomic E-state index is 0.388. The number of hydrogen-bond donors (Lipinski definition) is 0. The predicted octanol–water partition coefficient (Wildman–Crippen LogP) is 5.77. The molecule has 0 aromatic heterocycles. The van der Waals surface area contributed by atoms with E-state index >= 15 is 0 Å². The van der Waals surface area contributed by atoms with Crippen molar-refractivity contribution in [1.82, 2.24) is 0 Å². The maximum Gasteiger partial charge on any atom is 0.146 e. The number of hydrogen-bond acceptors (Lipinski definition) is 4. The van der Waals surface area contributed by atoms with Crippen LogP contribution >= 0.6 is 46.4 Å². The molecule has 0 saturated heterocycles. The quantitative estimate of drug-likeness (QED) is 0.468. The fourth-order valence-corrected chi connectivity index (χ4v) is 3.15. The molecular formula is C16H12Cl4N2O2. The standard InChI is InChI=1S/C16H12Cl4N2O2/c1-23-15-9(3-11(17)5-13(15)19)7-21-22-8-10-4-12(18)6-14(20)16(10)24-2/h3-8H,1-2H3. The van der Waals surface area contributed by atoms with Crippen LogP contribution in [0.25, 0.3) is 0 Å². The van der Waals surface area contributed by atoms with Gasteiger partial charge in [0.25, 0.3) is 0 Å². The molecule has 0 unspecified atom stereocenters. The summed E-state index contributed by atoms with van der Waals surface area (Å²) in [6.07, 6.45) is 2.96. The van der Waals surface area contributed by atoms with E-state index < -0.39 is 0 Å². The third kappa shape index (κ3) is 4.54. The predicted molar refractivity (Wildman–Crippen MR) is 101 cm³/mol. The average Bonchev–Trinajstić information content (AvgIpc) is 2.50. The molecule has 2 aromatic rings. The van der Waals surface area contributed by atoms with Gasteiger partial charge in [0.05, 0.1) is 36.7 Å². The van der Waals surface area contributed by atoms with Gasteiger partial charge in [-0.15, -0.1) is 0 Å². The topological polar surface area (TPSA) is 43.2 Å². The van der Waals surface area contributed by atoms with E-state index in [4.69, 9.17) is 55.9 Å². The summed E-state index contributed by atoms with van der Waals surface area (Å²) in [5, 5.41) is 9.65. The zero-order valence-electron chi connectivity index (χ0n) is 12.7. The molecule has 0 radical (unpaired) electrons. The number of methoxy groups -OCH3 is 2. The van der Waals surface area contributed by atoms with Crippen molar-refractivity contribution in [3.8, 4) is 11.5 Å². The molecule has 0 aliphatic heterocycles. The first-order valence-corrected chi connectivity index (χ1v) is 8.10. The Bertz CT molecular complexity index is 740. The van der Waals surface area contributed by atoms with Crippen LogP contribution in [0.2, 0.25) is 20.1 Å². The normalized spacial score (nSPS) is 11.4. The van der Waals surface area contributed by atoms with Crippen molar-refractivity contribution in [3.63, 3.8) is 0 Å². The summed E-state index contributed by atoms with van der Waals surface area (Å²) in [4.78, 5) is 0. The lowest BCUT2D eigenvalue weighted by molar-refractivity contribution is 0.414. The Morgan fingerprint density at radius 3 is 1.42 bits per heavy atom. The highest BCUT2D eigenvalue weighted by Crippen LogP contribution is 2.32. The van der Waals surface area contributed by atoms with E-state index in [1.54, 1.807) is 24.3 Å². The van der Waals surface area contributed by atoms with Crippen molar-refractivity contribution in [1.29, 1.82) is 0 Å². The van der Waals surface area contributed by atoms with Crippen LogP contribution in [0.1, 0.15) is 11.1 Å². The fraction of sp³-hybridized carbons (Fsp3) is 0.125. The second kappa shape index (κ2) is 8.58. The van der Waals surface area contributed by atoms with Gasteiger partial charge in [-0.3, -0.25) is 0 Å². The van der Waals surface area contributed by atoms with E-state index in [1.807, 2.05) is 0 Å². The van der Waals surface area contributed by atoms with Gasteiger partial charge in [0, 0.05) is 21.2 Å². The average molecular weight is 406 g/mol. The second-order valence-corrected chi connectivity index (χ2v) is 6.20. The lowest BCUT2D eigenvalue weighted by atomic mass is 10.2. The van der Waals surface area contributed by atoms with Gasteiger partial charge in [-0.1, -0.05) is 46.4 Å². The summed E-state index contributed by atoms with van der Waals surface area (Å²) in [7, 11) is 3.02. The van der Waals surface area contributed by atoms with Crippen LogP contribution < -0.4 is 9.47 Å². The minimum Gasteiger partial charge on any atom is -0.495 e. The molecule has 24 heavy (non-hydrogen) atoms. The van der Waals surface area contributed by atoms with Crippen molar-refractivity contribution in [2.45, 2.75) is 0 Å². The van der Waals surface area contributed by atoms with Gasteiger partial charge in [0.2, 0.25) is 0 Å². The number of halogens is 4. The maximum absolute atomic E-state index is 6.06. The number of rotatable bonds is 5. The van der Waals surface area contributed by atoms with E-state index in [0.29, 0.717) is 42.7 Å². The summed E-state index contributed by atoms with van der Waals surface area (Å²) >= 11 is 24.1. The third-order valence-corrected chi connectivity index (χ3v) is 3.94. The number of ether oxygens (including phenoxy) is 2. The van der Waals surface area contributed by atoms with E-state index in [9.17, 15) is 0 Å². The summed E-state index contributed by atoms with van der Waals surface area (Å²) < 4.78 is 10.5. The van der Waals surface area contributed by atoms with Crippen LogP contribution in [0.15, 0.2) is 34.5 Å². The van der Waals surface area contributed by atoms with E-state index in [1.165, 1.54) is 26.6 Å². The molecule has 4 nitrogen and oxygen atoms in total. The SMILES string of the molecule is COc1c(Cl)cc(Cl)cc1C=NN=Cc1cc(Cl)cc(Cl)c1OC. The van der Waals surface area contributed by atoms with Gasteiger partial charge < -0.3 is 9.47 Å². The van der Waals surface area contributed by atoms with Crippen molar-refractivity contribution in [2.75, 3.05) is 14.2 Å². The molecule has 0 fully saturated rings. The zero-order valence-corrected chi connectivity index (χ0v) is 15.7. The van der Waals surface area contributed by atoms with E-state index in [2.05, 4.69) is 10.2 Å². The lowest BCUT2D eigenvalue weighted by Gasteiger charge is -2.07. The van der Waals surface area contributed by atoms with Crippen LogP contribution in [0.3, 0.4) is 0 Å². The number of benzene rings is 2. The molecular weight excluding hydrogens is 394 g/mol. The largest absolute Gasteiger partial charge is 0.495 e. The molecule has 126 valence electrons. The molecule has 0 N–H and O–H groups in total. The highest BCUT2D eigenvalue weighted by atomic mass is 35.5. The Labute approximate surface area is 159 Å². The molecule has 0 heterocycles. The summed E-state index contributed by atoms with van der Waals surface area (Å²) in [6.45, 7) is 0. The van der Waals surface area contributed by atoms with Crippen molar-refractivity contribution >= 4 is 58.8 Å². The lowest BCUT2D eigenvalue weighted by Crippen LogP contribution is -1.93. The van der Waals surface area contributed by atoms with Gasteiger partial charge in [-0.25, -0.2) is 0 Å². The van der Waals surface area contributed by atoms with E-state index in [-0.39, 0.29) is 0 Å². The molecule has 0 aliphatic rings. The summed E-state index contributed by atoms with van der Waals surface area (Å²) in [5.41, 5.74) is 1.20. The molecule has 0 saturated carbocycles. The molecule has 0 atom stereocenters. The van der Waals surface area contributed by atoms with Crippen LogP contribution in [-0.2, 0) is 0 Å². The first kappa shape index (κ1) is 18.9. The Hall–Kier alpha value is -1.46. The highest BCUT2D eigenvalue weighted by Gasteiger charge is 2.09. The molecule has 0 amide bonds. The van der Waals surface area contributed by atoms with Gasteiger partial charge >= 0.3 is 0 Å². The summed E-state index contributed by atoms with van der Waals surface area (Å²) in [6, 6.07) is 6.51. The molecule has 8 heteroatoms. The Morgan fingerprint density at radius 1 is 0.708 bits per heavy atom. The molecule has 2 rings (SSSR count). The molecule has 0 spiro atoms. The number of nitrogens with zero attached hydrogens (tertiary/aromatic N) is 2. The van der Waals surface area contributed by atoms with Gasteiger partial charge in [0.1, 0.15) is 11.5 Å². The Morgan fingerprint density at radius 2 is 1.08 bits per heavy atom. The second-order valence-electron chi connectivity index (χ2n) is 4.51. The van der Waals surface area contributed by atoms with Gasteiger partial charge in [-0.05, 0) is 24.3 Å². The van der Waals surface area contributed by atoms with Gasteiger partial charge in [-0.2, -0.15) is 10.2 Å². The monoisotopic (exact) mass is 404 g/mol. The smallest absolute Gasteiger partial charge is 0.146 e. The van der Waals surface area contributed by atoms with E-state index in [0.717, 1.165) is 0 Å². The Kier molecular flexibility index (Phi) is 6.75. The third-order valence-electron chi connectivity index (χ3n) is 2.94. The Balaban J connectivity index is 2.29. The van der Waals surface area contributed by atoms with Crippen molar-refractivity contribution < 1.29 is 9.47 Å². The van der Waals surface area contributed by atoms with Crippen LogP contribution in [-0.4, -0.2) is 26.6 Å². The first-order valence-electron chi connectivity index (χ1n) is 6.58. The minimum atomic E-state index is 0.388. The van der Waals surface area contributed by atoms with Crippen LogP contribution in [0.4, 0.5) is 0 Å². The maximum atomic E-state index is 6.06. The summed E-state index contributed by atoms with van der Waals surface area (Å²) in [5.74, 6) is 0.923. The van der Waals surface area contributed by atoms with Crippen LogP contribution in [0.5, 0.6) is 11.5 Å². The molecule has 2 aromatic carbocycles. The van der Waals surface area contributed by atoms with Crippen LogP contribution in [0, 0.1) is 0 Å². The highest BCUT2D eigenvalue weighted by molar-refractivity contribution is 6.36. The fourth-order valence-electron chi connectivity index (χ4n) is 1.97. The first-order chi connectivity index (χ1) is 11.5. The molecule has 0 bridgehead atoms.